The Morgan fingerprint density at radius 1 is 1.04 bits per heavy atom. The predicted molar refractivity (Wildman–Crippen MR) is 98.5 cm³/mol. The van der Waals surface area contributed by atoms with Gasteiger partial charge in [-0.1, -0.05) is 24.3 Å². The number of hydrazine groups is 1. The van der Waals surface area contributed by atoms with E-state index in [4.69, 9.17) is 0 Å². The number of nitrogens with zero attached hydrogens (tertiary/aromatic N) is 4. The molecule has 0 aliphatic rings. The Balaban J connectivity index is 1.83. The molecular formula is C17H15N7O3. The van der Waals surface area contributed by atoms with Crippen molar-refractivity contribution in [2.24, 2.45) is 0 Å². The van der Waals surface area contributed by atoms with Gasteiger partial charge in [0.05, 0.1) is 4.92 Å². The fourth-order valence-electron chi connectivity index (χ4n) is 2.30. The molecule has 10 heteroatoms. The van der Waals surface area contributed by atoms with Gasteiger partial charge in [-0.25, -0.2) is 15.0 Å². The number of amides is 1. The highest BCUT2D eigenvalue weighted by Crippen LogP contribution is 2.30. The second kappa shape index (κ2) is 7.87. The zero-order chi connectivity index (χ0) is 19.2. The molecule has 0 saturated carbocycles. The Bertz CT molecular complexity index is 979. The molecule has 2 heterocycles. The van der Waals surface area contributed by atoms with E-state index in [1.54, 1.807) is 43.3 Å². The van der Waals surface area contributed by atoms with E-state index in [9.17, 15) is 14.9 Å². The van der Waals surface area contributed by atoms with Gasteiger partial charge in [-0.15, -0.1) is 0 Å². The standard InChI is InChI=1S/C17H15N7O3/c1-11-6-2-3-7-12(11)17(25)23-22-16-14(24(26)27)15(19-10-20-16)21-13-8-4-5-9-18-13/h2-10H,1H3,(H,23,25)(H2,18,19,20,21,22). The Morgan fingerprint density at radius 2 is 1.78 bits per heavy atom. The maximum Gasteiger partial charge on any atom is 0.355 e. The van der Waals surface area contributed by atoms with Crippen LogP contribution in [0.15, 0.2) is 55.0 Å². The summed E-state index contributed by atoms with van der Waals surface area (Å²) in [5.74, 6) is -0.272. The van der Waals surface area contributed by atoms with Crippen LogP contribution >= 0.6 is 0 Å². The predicted octanol–water partition coefficient (Wildman–Crippen LogP) is 2.59. The molecule has 0 unspecified atom stereocenters. The van der Waals surface area contributed by atoms with Crippen LogP contribution in [0.4, 0.5) is 23.1 Å². The summed E-state index contributed by atoms with van der Waals surface area (Å²) in [5, 5.41) is 14.3. The third-order valence-electron chi connectivity index (χ3n) is 3.60. The number of aromatic nitrogens is 3. The molecule has 27 heavy (non-hydrogen) atoms. The maximum absolute atomic E-state index is 12.3. The van der Waals surface area contributed by atoms with Gasteiger partial charge in [0.1, 0.15) is 12.1 Å². The smallest absolute Gasteiger partial charge is 0.319 e. The lowest BCUT2D eigenvalue weighted by atomic mass is 10.1. The third kappa shape index (κ3) is 4.12. The number of hydrogen-bond acceptors (Lipinski definition) is 8. The van der Waals surface area contributed by atoms with Gasteiger partial charge in [0, 0.05) is 11.8 Å². The first-order valence-corrected chi connectivity index (χ1v) is 7.85. The summed E-state index contributed by atoms with van der Waals surface area (Å²) in [7, 11) is 0. The highest BCUT2D eigenvalue weighted by atomic mass is 16.6. The van der Waals surface area contributed by atoms with Crippen molar-refractivity contribution in [1.82, 2.24) is 20.4 Å². The molecule has 1 amide bonds. The van der Waals surface area contributed by atoms with Crippen LogP contribution < -0.4 is 16.2 Å². The second-order valence-electron chi connectivity index (χ2n) is 5.41. The SMILES string of the molecule is Cc1ccccc1C(=O)NNc1ncnc(Nc2ccccn2)c1[N+](=O)[O-]. The lowest BCUT2D eigenvalue weighted by Crippen LogP contribution is -2.30. The number of hydrogen-bond donors (Lipinski definition) is 3. The number of anilines is 3. The Kier molecular flexibility index (Phi) is 5.17. The van der Waals surface area contributed by atoms with Crippen LogP contribution in [-0.2, 0) is 0 Å². The van der Waals surface area contributed by atoms with Crippen molar-refractivity contribution in [3.05, 3.63) is 76.2 Å². The van der Waals surface area contributed by atoms with Crippen LogP contribution in [0.25, 0.3) is 0 Å². The molecular weight excluding hydrogens is 350 g/mol. The molecule has 0 radical (unpaired) electrons. The Morgan fingerprint density at radius 3 is 2.48 bits per heavy atom. The summed E-state index contributed by atoms with van der Waals surface area (Å²) in [6, 6.07) is 12.1. The zero-order valence-electron chi connectivity index (χ0n) is 14.2. The minimum absolute atomic E-state index is 0.0543. The summed E-state index contributed by atoms with van der Waals surface area (Å²) in [5.41, 5.74) is 5.69. The average Bonchev–Trinajstić information content (AvgIpc) is 2.67. The largest absolute Gasteiger partial charge is 0.355 e. The van der Waals surface area contributed by atoms with E-state index in [1.165, 1.54) is 6.20 Å². The van der Waals surface area contributed by atoms with Gasteiger partial charge in [-0.05, 0) is 30.7 Å². The molecule has 10 nitrogen and oxygen atoms in total. The lowest BCUT2D eigenvalue weighted by molar-refractivity contribution is -0.383. The first kappa shape index (κ1) is 17.7. The number of carbonyl (C=O) groups is 1. The van der Waals surface area contributed by atoms with Gasteiger partial charge in [0.15, 0.2) is 0 Å². The summed E-state index contributed by atoms with van der Waals surface area (Å²) in [4.78, 5) is 34.9. The number of carbonyl (C=O) groups excluding carboxylic acids is 1. The summed E-state index contributed by atoms with van der Waals surface area (Å²) in [6.07, 6.45) is 2.68. The molecule has 0 aliphatic heterocycles. The summed E-state index contributed by atoms with van der Waals surface area (Å²) < 4.78 is 0. The third-order valence-corrected chi connectivity index (χ3v) is 3.60. The molecule has 0 spiro atoms. The van der Waals surface area contributed by atoms with E-state index >= 15 is 0 Å². The fraction of sp³-hybridized carbons (Fsp3) is 0.0588. The van der Waals surface area contributed by atoms with Crippen molar-refractivity contribution >= 4 is 29.0 Å². The number of pyridine rings is 1. The molecule has 0 atom stereocenters. The molecule has 3 N–H and O–H groups in total. The molecule has 1 aromatic carbocycles. The van der Waals surface area contributed by atoms with E-state index in [0.717, 1.165) is 11.9 Å². The normalized spacial score (nSPS) is 10.1. The fourth-order valence-corrected chi connectivity index (χ4v) is 2.30. The van der Waals surface area contributed by atoms with Gasteiger partial charge in [-0.2, -0.15) is 0 Å². The number of aryl methyl sites for hydroxylation is 1. The van der Waals surface area contributed by atoms with Crippen molar-refractivity contribution in [2.45, 2.75) is 6.92 Å². The molecule has 3 aromatic rings. The average molecular weight is 365 g/mol. The van der Waals surface area contributed by atoms with Gasteiger partial charge in [0.25, 0.3) is 5.91 Å². The lowest BCUT2D eigenvalue weighted by Gasteiger charge is -2.11. The second-order valence-corrected chi connectivity index (χ2v) is 5.41. The van der Waals surface area contributed by atoms with Crippen LogP contribution in [0, 0.1) is 17.0 Å². The van der Waals surface area contributed by atoms with Crippen LogP contribution in [0.3, 0.4) is 0 Å². The highest BCUT2D eigenvalue weighted by molar-refractivity contribution is 5.96. The van der Waals surface area contributed by atoms with Gasteiger partial charge in [-0.3, -0.25) is 25.8 Å². The monoisotopic (exact) mass is 365 g/mol. The topological polar surface area (TPSA) is 135 Å². The summed E-state index contributed by atoms with van der Waals surface area (Å²) in [6.45, 7) is 1.79. The molecule has 0 saturated heterocycles. The summed E-state index contributed by atoms with van der Waals surface area (Å²) >= 11 is 0. The van der Waals surface area contributed by atoms with Gasteiger partial charge in [0.2, 0.25) is 11.6 Å². The zero-order valence-corrected chi connectivity index (χ0v) is 14.2. The first-order chi connectivity index (χ1) is 13.1. The van der Waals surface area contributed by atoms with E-state index in [0.29, 0.717) is 11.4 Å². The quantitative estimate of drug-likeness (QED) is 0.448. The van der Waals surface area contributed by atoms with Gasteiger partial charge >= 0.3 is 5.69 Å². The molecule has 0 bridgehead atoms. The molecule has 2 aromatic heterocycles. The van der Waals surface area contributed by atoms with Crippen LogP contribution in [0.5, 0.6) is 0 Å². The minimum atomic E-state index is -0.645. The number of nitro groups is 1. The highest BCUT2D eigenvalue weighted by Gasteiger charge is 2.24. The van der Waals surface area contributed by atoms with Crippen LogP contribution in [-0.4, -0.2) is 25.8 Å². The maximum atomic E-state index is 12.3. The van der Waals surface area contributed by atoms with Crippen LogP contribution in [0.2, 0.25) is 0 Å². The van der Waals surface area contributed by atoms with E-state index in [2.05, 4.69) is 31.1 Å². The molecule has 136 valence electrons. The van der Waals surface area contributed by atoms with Crippen molar-refractivity contribution in [1.29, 1.82) is 0 Å². The van der Waals surface area contributed by atoms with Crippen LogP contribution in [0.1, 0.15) is 15.9 Å². The van der Waals surface area contributed by atoms with Gasteiger partial charge < -0.3 is 5.32 Å². The van der Waals surface area contributed by atoms with E-state index < -0.39 is 16.5 Å². The van der Waals surface area contributed by atoms with Crippen molar-refractivity contribution in [2.75, 3.05) is 10.7 Å². The number of rotatable bonds is 6. The van der Waals surface area contributed by atoms with E-state index in [1.807, 2.05) is 6.07 Å². The Hall–Kier alpha value is -4.08. The number of nitrogens with one attached hydrogen (secondary N) is 3. The minimum Gasteiger partial charge on any atom is -0.319 e. The Labute approximate surface area is 153 Å². The molecule has 3 rings (SSSR count). The molecule has 0 fully saturated rings. The van der Waals surface area contributed by atoms with Crippen molar-refractivity contribution < 1.29 is 9.72 Å². The first-order valence-electron chi connectivity index (χ1n) is 7.85. The van der Waals surface area contributed by atoms with Crippen molar-refractivity contribution in [3.8, 4) is 0 Å². The van der Waals surface area contributed by atoms with Crippen molar-refractivity contribution in [3.63, 3.8) is 0 Å². The van der Waals surface area contributed by atoms with E-state index in [-0.39, 0.29) is 11.6 Å². The molecule has 0 aliphatic carbocycles. The number of benzene rings is 1.